The quantitative estimate of drug-likeness (QED) is 0.502. The van der Waals surface area contributed by atoms with Crippen molar-refractivity contribution in [2.45, 2.75) is 37.8 Å². The van der Waals surface area contributed by atoms with Crippen LogP contribution in [0.1, 0.15) is 51.2 Å². The van der Waals surface area contributed by atoms with E-state index in [4.69, 9.17) is 4.74 Å². The molecule has 0 saturated heterocycles. The highest BCUT2D eigenvalue weighted by Gasteiger charge is 2.49. The number of benzene rings is 1. The molecule has 1 unspecified atom stereocenters. The average Bonchev–Trinajstić information content (AvgIpc) is 3.25. The molecule has 2 aromatic heterocycles. The minimum absolute atomic E-state index is 0.0261. The predicted octanol–water partition coefficient (Wildman–Crippen LogP) is 3.61. The highest BCUT2D eigenvalue weighted by molar-refractivity contribution is 7.11. The number of hydrogen-bond acceptors (Lipinski definition) is 7. The van der Waals surface area contributed by atoms with Gasteiger partial charge in [0.05, 0.1) is 15.4 Å². The molecule has 1 aromatic carbocycles. The topological polar surface area (TPSA) is 87.9 Å². The van der Waals surface area contributed by atoms with Gasteiger partial charge in [0.2, 0.25) is 11.2 Å². The lowest BCUT2D eigenvalue weighted by Crippen LogP contribution is -2.64. The molecule has 8 nitrogen and oxygen atoms in total. The van der Waals surface area contributed by atoms with Crippen molar-refractivity contribution < 1.29 is 23.4 Å². The molecule has 36 heavy (non-hydrogen) atoms. The number of aryl methyl sites for hydroxylation is 1. The van der Waals surface area contributed by atoms with Gasteiger partial charge in [0.1, 0.15) is 19.3 Å². The Morgan fingerprint density at radius 1 is 1.22 bits per heavy atom. The van der Waals surface area contributed by atoms with E-state index in [9.17, 15) is 19.1 Å². The first kappa shape index (κ1) is 22.7. The lowest BCUT2D eigenvalue weighted by molar-refractivity contribution is 0.0256. The Hall–Kier alpha value is -3.73. The van der Waals surface area contributed by atoms with Crippen LogP contribution >= 0.6 is 11.3 Å². The molecule has 1 fully saturated rings. The molecule has 2 bridgehead atoms. The first-order valence-electron chi connectivity index (χ1n) is 11.5. The Morgan fingerprint density at radius 2 is 2.03 bits per heavy atom. The summed E-state index contributed by atoms with van der Waals surface area (Å²) in [5.41, 5.74) is -1.18. The third kappa shape index (κ3) is 3.25. The van der Waals surface area contributed by atoms with E-state index < -0.39 is 40.3 Å². The number of pyridine rings is 1. The zero-order valence-electron chi connectivity index (χ0n) is 19.3. The van der Waals surface area contributed by atoms with Crippen LogP contribution in [0.2, 0.25) is 0 Å². The van der Waals surface area contributed by atoms with Gasteiger partial charge in [-0.25, -0.2) is 9.37 Å². The number of halogens is 2. The molecule has 1 saturated carbocycles. The van der Waals surface area contributed by atoms with Crippen molar-refractivity contribution in [1.29, 1.82) is 0 Å². The summed E-state index contributed by atoms with van der Waals surface area (Å²) in [6.07, 6.45) is 8.87. The Balaban J connectivity index is 1.67. The maximum Gasteiger partial charge on any atom is 0.278 e. The SMILES string of the molecule is Cc1ncc(C2c3ccc(F)c(F)c3OC/C=C/C3(CCC3)N3CN2n2ccc(=O)c(O)c2C3=O)s1. The van der Waals surface area contributed by atoms with Gasteiger partial charge < -0.3 is 14.7 Å². The largest absolute Gasteiger partial charge is 0.502 e. The van der Waals surface area contributed by atoms with Gasteiger partial charge in [0.15, 0.2) is 23.0 Å². The van der Waals surface area contributed by atoms with Crippen LogP contribution in [0.25, 0.3) is 0 Å². The van der Waals surface area contributed by atoms with Crippen LogP contribution in [0.5, 0.6) is 11.5 Å². The Bertz CT molecular complexity index is 1480. The van der Waals surface area contributed by atoms with E-state index in [0.717, 1.165) is 17.5 Å². The van der Waals surface area contributed by atoms with Gasteiger partial charge in [0, 0.05) is 24.0 Å². The second kappa shape index (κ2) is 8.16. The number of carbonyl (C=O) groups excluding carboxylic acids is 1. The van der Waals surface area contributed by atoms with Crippen LogP contribution < -0.4 is 15.2 Å². The van der Waals surface area contributed by atoms with E-state index in [0.29, 0.717) is 23.3 Å². The summed E-state index contributed by atoms with van der Waals surface area (Å²) >= 11 is 1.37. The second-order valence-electron chi connectivity index (χ2n) is 9.17. The number of fused-ring (bicyclic) bond motifs is 6. The molecule has 4 heterocycles. The van der Waals surface area contributed by atoms with Crippen LogP contribution in [0.3, 0.4) is 0 Å². The van der Waals surface area contributed by atoms with Crippen LogP contribution in [-0.4, -0.2) is 44.4 Å². The Labute approximate surface area is 208 Å². The van der Waals surface area contributed by atoms with Gasteiger partial charge in [-0.15, -0.1) is 11.3 Å². The lowest BCUT2D eigenvalue weighted by Gasteiger charge is -2.53. The molecular weight excluding hydrogens is 490 g/mol. The number of carbonyl (C=O) groups is 1. The molecule has 1 spiro atoms. The second-order valence-corrected chi connectivity index (χ2v) is 10.4. The molecule has 2 aliphatic heterocycles. The molecule has 1 N–H and O–H groups in total. The molecule has 1 atom stereocenters. The van der Waals surface area contributed by atoms with Gasteiger partial charge in [-0.2, -0.15) is 4.39 Å². The van der Waals surface area contributed by atoms with Crippen molar-refractivity contribution in [3.05, 3.63) is 85.7 Å². The van der Waals surface area contributed by atoms with E-state index in [1.807, 2.05) is 13.0 Å². The minimum Gasteiger partial charge on any atom is -0.502 e. The monoisotopic (exact) mass is 512 g/mol. The maximum absolute atomic E-state index is 15.1. The van der Waals surface area contributed by atoms with Crippen molar-refractivity contribution in [1.82, 2.24) is 14.6 Å². The summed E-state index contributed by atoms with van der Waals surface area (Å²) in [5, 5.41) is 13.3. The van der Waals surface area contributed by atoms with Crippen molar-refractivity contribution in [2.24, 2.45) is 0 Å². The maximum atomic E-state index is 15.1. The number of aromatic hydroxyl groups is 1. The fraction of sp³-hybridized carbons (Fsp3) is 0.320. The van der Waals surface area contributed by atoms with E-state index in [1.54, 1.807) is 22.2 Å². The van der Waals surface area contributed by atoms with Crippen LogP contribution in [-0.2, 0) is 0 Å². The molecule has 0 radical (unpaired) electrons. The molecule has 3 aliphatic rings. The molecule has 3 aromatic rings. The fourth-order valence-electron chi connectivity index (χ4n) is 5.22. The first-order valence-corrected chi connectivity index (χ1v) is 12.4. The highest BCUT2D eigenvalue weighted by Crippen LogP contribution is 2.45. The summed E-state index contributed by atoms with van der Waals surface area (Å²) in [6, 6.07) is 2.89. The normalized spacial score (nSPS) is 21.2. The summed E-state index contributed by atoms with van der Waals surface area (Å²) in [4.78, 5) is 32.8. The Morgan fingerprint density at radius 3 is 2.72 bits per heavy atom. The van der Waals surface area contributed by atoms with Crippen molar-refractivity contribution in [2.75, 3.05) is 18.3 Å². The summed E-state index contributed by atoms with van der Waals surface area (Å²) < 4.78 is 36.7. The molecule has 1 amide bonds. The number of hydrogen-bond donors (Lipinski definition) is 1. The molecular formula is C25H22F2N4O4S. The number of rotatable bonds is 1. The van der Waals surface area contributed by atoms with Gasteiger partial charge in [0.25, 0.3) is 5.91 Å². The van der Waals surface area contributed by atoms with Crippen LogP contribution in [0, 0.1) is 18.6 Å². The zero-order valence-corrected chi connectivity index (χ0v) is 20.1. The summed E-state index contributed by atoms with van der Waals surface area (Å²) in [5.74, 6) is -3.53. The summed E-state index contributed by atoms with van der Waals surface area (Å²) in [6.45, 7) is 1.87. The predicted molar refractivity (Wildman–Crippen MR) is 128 cm³/mol. The standard InChI is InChI=1S/C25H22F2N4O4S/c1-14-28-12-18(36-14)20-15-4-5-16(26)19(27)23(15)35-11-3-9-25(7-2-8-25)29-13-31(20)30-10-6-17(32)22(33)21(30)24(29)34/h3-6,9-10,12,20,33H,2,7-8,11,13H2,1H3/b9-3+. The number of ether oxygens (including phenoxy) is 1. The van der Waals surface area contributed by atoms with Crippen LogP contribution in [0.15, 0.2) is 47.5 Å². The fourth-order valence-corrected chi connectivity index (χ4v) is 6.14. The zero-order chi connectivity index (χ0) is 25.2. The van der Waals surface area contributed by atoms with Crippen molar-refractivity contribution >= 4 is 17.2 Å². The van der Waals surface area contributed by atoms with Gasteiger partial charge >= 0.3 is 0 Å². The number of thiazole rings is 1. The Kier molecular flexibility index (Phi) is 5.15. The van der Waals surface area contributed by atoms with Gasteiger partial charge in [-0.1, -0.05) is 6.08 Å². The van der Waals surface area contributed by atoms with E-state index in [1.165, 1.54) is 34.3 Å². The van der Waals surface area contributed by atoms with E-state index in [2.05, 4.69) is 4.98 Å². The highest BCUT2D eigenvalue weighted by atomic mass is 32.1. The van der Waals surface area contributed by atoms with E-state index >= 15 is 4.39 Å². The van der Waals surface area contributed by atoms with Crippen molar-refractivity contribution in [3.8, 4) is 11.5 Å². The van der Waals surface area contributed by atoms with Crippen LogP contribution in [0.4, 0.5) is 8.78 Å². The number of aromatic nitrogens is 2. The first-order chi connectivity index (χ1) is 17.3. The van der Waals surface area contributed by atoms with Gasteiger partial charge in [-0.05, 0) is 44.4 Å². The number of nitrogens with zero attached hydrogens (tertiary/aromatic N) is 4. The van der Waals surface area contributed by atoms with E-state index in [-0.39, 0.29) is 24.7 Å². The molecule has 11 heteroatoms. The smallest absolute Gasteiger partial charge is 0.278 e. The summed E-state index contributed by atoms with van der Waals surface area (Å²) in [7, 11) is 0. The molecule has 6 rings (SSSR count). The average molecular weight is 513 g/mol. The number of amides is 1. The van der Waals surface area contributed by atoms with Gasteiger partial charge in [-0.3, -0.25) is 19.3 Å². The minimum atomic E-state index is -1.11. The van der Waals surface area contributed by atoms with Crippen molar-refractivity contribution in [3.63, 3.8) is 0 Å². The third-order valence-electron chi connectivity index (χ3n) is 7.16. The third-order valence-corrected chi connectivity index (χ3v) is 8.12. The molecule has 186 valence electrons. The molecule has 1 aliphatic carbocycles. The lowest BCUT2D eigenvalue weighted by atomic mass is 9.74.